The number of aliphatic hydroxyl groups is 2. The van der Waals surface area contributed by atoms with Gasteiger partial charge in [-0.25, -0.2) is 9.13 Å². The molecule has 18 heteroatoms. The lowest BCUT2D eigenvalue weighted by Gasteiger charge is -2.21. The number of allylic oxidation sites excluding steroid dienone is 26. The van der Waals surface area contributed by atoms with Gasteiger partial charge in [-0.2, -0.15) is 0 Å². The Balaban J connectivity index is 4.63. The highest BCUT2D eigenvalue weighted by Gasteiger charge is 2.29. The second-order valence-corrected chi connectivity index (χ2v) is 29.7. The minimum Gasteiger partial charge on any atom is -0.463 e. The van der Waals surface area contributed by atoms with Gasteiger partial charge in [0.1, 0.15) is 25.4 Å². The van der Waals surface area contributed by atoms with Crippen LogP contribution in [0.3, 0.4) is 0 Å². The van der Waals surface area contributed by atoms with Crippen molar-refractivity contribution in [2.24, 2.45) is 0 Å². The average molecular weight is 1510 g/mol. The summed E-state index contributed by atoms with van der Waals surface area (Å²) in [6, 6.07) is 0. The molecule has 16 nitrogen and oxygen atoms in total. The summed E-state index contributed by atoms with van der Waals surface area (Å²) in [6.45, 7) is 2.39. The van der Waals surface area contributed by atoms with Gasteiger partial charge in [0.15, 0.2) is 6.10 Å². The van der Waals surface area contributed by atoms with Gasteiger partial charge < -0.3 is 34.2 Å². The fraction of sp³-hybridized carbons (Fsp3) is 0.667. The Kier molecular flexibility index (Phi) is 75.1. The van der Waals surface area contributed by atoms with Gasteiger partial charge in [0, 0.05) is 19.3 Å². The van der Waals surface area contributed by atoms with E-state index in [-0.39, 0.29) is 19.3 Å². The van der Waals surface area contributed by atoms with Crippen molar-refractivity contribution < 1.29 is 75.8 Å². The molecule has 105 heavy (non-hydrogen) atoms. The Morgan fingerprint density at radius 1 is 0.276 bits per heavy atom. The molecule has 600 valence electrons. The maximum absolute atomic E-state index is 13.0. The van der Waals surface area contributed by atoms with E-state index in [4.69, 9.17) is 32.3 Å². The zero-order chi connectivity index (χ0) is 76.6. The van der Waals surface area contributed by atoms with Crippen LogP contribution in [0, 0.1) is 0 Å². The third-order valence-electron chi connectivity index (χ3n) is 16.7. The summed E-state index contributed by atoms with van der Waals surface area (Å²) in [4.78, 5) is 58.7. The number of hydrogen-bond acceptors (Lipinski definition) is 14. The van der Waals surface area contributed by atoms with E-state index in [2.05, 4.69) is 179 Å². The molecular weight excluding hydrogens is 1360 g/mol. The number of phosphoric ester groups is 2. The summed E-state index contributed by atoms with van der Waals surface area (Å²) in [7, 11) is -9.81. The highest BCUT2D eigenvalue weighted by Crippen LogP contribution is 2.45. The molecule has 0 saturated carbocycles. The highest BCUT2D eigenvalue weighted by molar-refractivity contribution is 7.47. The van der Waals surface area contributed by atoms with Crippen molar-refractivity contribution in [3.8, 4) is 0 Å². The zero-order valence-corrected chi connectivity index (χ0v) is 67.4. The zero-order valence-electron chi connectivity index (χ0n) is 65.6. The van der Waals surface area contributed by atoms with E-state index in [1.54, 1.807) is 0 Å². The Morgan fingerprint density at radius 2 is 0.505 bits per heavy atom. The maximum atomic E-state index is 13.0. The molecular formula is C87H146O16P2. The smallest absolute Gasteiger partial charge is 0.463 e. The molecule has 0 radical (unpaired) electrons. The summed E-state index contributed by atoms with van der Waals surface area (Å²) in [5.41, 5.74) is 0. The molecule has 0 aliphatic carbocycles. The van der Waals surface area contributed by atoms with Crippen molar-refractivity contribution in [2.75, 3.05) is 39.6 Å². The van der Waals surface area contributed by atoms with E-state index >= 15 is 0 Å². The van der Waals surface area contributed by atoms with Gasteiger partial charge in [0.25, 0.3) is 0 Å². The van der Waals surface area contributed by atoms with Crippen LogP contribution in [0.1, 0.15) is 316 Å². The standard InChI is InChI=1S/C87H146O16P2/c1-4-7-10-13-16-19-22-25-28-31-33-35-37-39-40-42-44-45-47-50-52-55-58-61-64-67-70-73-85(90)97-76-82(88)77-99-104(93,94)100-78-83(89)79-101-105(95,96)102-81-84(103-87(92)75-72-69-66-63-60-57-54-49-30-27-24-21-18-15-12-9-6-3)80-98-86(91)74-71-68-65-62-59-56-53-51-48-46-43-41-38-36-34-32-29-26-23-20-17-14-11-8-5-2/h8-9,11-12,16-21,25-30,33-36,39-41,43,54,57,82-84,88-89H,4-7,10,13-15,22-24,31-32,37-38,42,44-53,55-56,58-81H2,1-3H3,(H,93,94)(H,95,96)/b11-8-,12-9-,19-16-,20-17-,21-18-,28-25-,29-26-,30-27-,35-33-,36-34-,40-39-,43-41-,57-54-. The van der Waals surface area contributed by atoms with Gasteiger partial charge in [-0.15, -0.1) is 0 Å². The van der Waals surface area contributed by atoms with Crippen LogP contribution in [-0.4, -0.2) is 95.9 Å². The van der Waals surface area contributed by atoms with Gasteiger partial charge in [0.05, 0.1) is 26.4 Å². The van der Waals surface area contributed by atoms with Crippen LogP contribution in [0.25, 0.3) is 0 Å². The van der Waals surface area contributed by atoms with Crippen molar-refractivity contribution in [1.82, 2.24) is 0 Å². The second-order valence-electron chi connectivity index (χ2n) is 26.8. The van der Waals surface area contributed by atoms with Crippen molar-refractivity contribution >= 4 is 33.6 Å². The predicted octanol–water partition coefficient (Wildman–Crippen LogP) is 24.2. The van der Waals surface area contributed by atoms with Gasteiger partial charge in [-0.3, -0.25) is 32.5 Å². The molecule has 5 atom stereocenters. The molecule has 4 N–H and O–H groups in total. The van der Waals surface area contributed by atoms with Crippen LogP contribution in [0.4, 0.5) is 0 Å². The predicted molar refractivity (Wildman–Crippen MR) is 435 cm³/mol. The van der Waals surface area contributed by atoms with Crippen LogP contribution >= 0.6 is 15.6 Å². The topological polar surface area (TPSA) is 231 Å². The quantitative estimate of drug-likeness (QED) is 0.0146. The van der Waals surface area contributed by atoms with E-state index < -0.39 is 91.5 Å². The molecule has 0 aromatic rings. The summed E-state index contributed by atoms with van der Waals surface area (Å²) in [6.07, 6.45) is 98.5. The van der Waals surface area contributed by atoms with Gasteiger partial charge >= 0.3 is 33.6 Å². The molecule has 5 unspecified atom stereocenters. The Bertz CT molecular complexity index is 2540. The molecule has 0 aliphatic rings. The monoisotopic (exact) mass is 1510 g/mol. The summed E-state index contributed by atoms with van der Waals surface area (Å²) < 4.78 is 61.2. The Labute approximate surface area is 638 Å². The maximum Gasteiger partial charge on any atom is 0.472 e. The largest absolute Gasteiger partial charge is 0.472 e. The average Bonchev–Trinajstić information content (AvgIpc) is 0.919. The lowest BCUT2D eigenvalue weighted by Crippen LogP contribution is -2.30. The van der Waals surface area contributed by atoms with E-state index in [1.165, 1.54) is 96.3 Å². The van der Waals surface area contributed by atoms with E-state index in [9.17, 15) is 43.5 Å². The molecule has 0 heterocycles. The molecule has 0 aromatic carbocycles. The van der Waals surface area contributed by atoms with Crippen LogP contribution < -0.4 is 0 Å². The number of hydrogen-bond donors (Lipinski definition) is 4. The molecule has 0 spiro atoms. The fourth-order valence-electron chi connectivity index (χ4n) is 10.6. The fourth-order valence-corrected chi connectivity index (χ4v) is 12.2. The number of aliphatic hydroxyl groups excluding tert-OH is 2. The first-order valence-corrected chi connectivity index (χ1v) is 43.8. The molecule has 0 bridgehead atoms. The van der Waals surface area contributed by atoms with Crippen molar-refractivity contribution in [3.63, 3.8) is 0 Å². The summed E-state index contributed by atoms with van der Waals surface area (Å²) in [5.74, 6) is -1.61. The minimum absolute atomic E-state index is 0.0702. The van der Waals surface area contributed by atoms with Crippen LogP contribution in [-0.2, 0) is 55.8 Å². The second kappa shape index (κ2) is 78.7. The third kappa shape index (κ3) is 80.0. The van der Waals surface area contributed by atoms with Crippen molar-refractivity contribution in [3.05, 3.63) is 158 Å². The lowest BCUT2D eigenvalue weighted by atomic mass is 10.0. The lowest BCUT2D eigenvalue weighted by molar-refractivity contribution is -0.161. The minimum atomic E-state index is -4.95. The Hall–Kier alpha value is -4.83. The third-order valence-corrected chi connectivity index (χ3v) is 18.6. The highest BCUT2D eigenvalue weighted by atomic mass is 31.2. The summed E-state index contributed by atoms with van der Waals surface area (Å²) >= 11 is 0. The molecule has 0 aliphatic heterocycles. The van der Waals surface area contributed by atoms with Gasteiger partial charge in [0.2, 0.25) is 0 Å². The molecule has 0 rings (SSSR count). The molecule has 0 fully saturated rings. The molecule has 0 saturated heterocycles. The van der Waals surface area contributed by atoms with Gasteiger partial charge in [-0.1, -0.05) is 307 Å². The number of ether oxygens (including phenoxy) is 3. The van der Waals surface area contributed by atoms with E-state index in [0.29, 0.717) is 19.3 Å². The summed E-state index contributed by atoms with van der Waals surface area (Å²) in [5, 5.41) is 20.7. The number of carbonyl (C=O) groups excluding carboxylic acids is 3. The number of unbranched alkanes of at least 4 members (excludes halogenated alkanes) is 27. The van der Waals surface area contributed by atoms with E-state index in [1.807, 2.05) is 0 Å². The molecule has 0 aromatic heterocycles. The number of esters is 3. The van der Waals surface area contributed by atoms with Gasteiger partial charge in [-0.05, 0) is 148 Å². The number of rotatable bonds is 76. The normalized spacial score (nSPS) is 14.8. The number of carbonyl (C=O) groups is 3. The van der Waals surface area contributed by atoms with E-state index in [0.717, 1.165) is 161 Å². The first-order valence-electron chi connectivity index (χ1n) is 40.8. The first-order chi connectivity index (χ1) is 51.2. The van der Waals surface area contributed by atoms with Crippen molar-refractivity contribution in [2.45, 2.75) is 334 Å². The Morgan fingerprint density at radius 3 is 0.800 bits per heavy atom. The van der Waals surface area contributed by atoms with Crippen LogP contribution in [0.15, 0.2) is 158 Å². The SMILES string of the molecule is CC/C=C\C/C=C\C/C=C\C/C=C\C/C=C\CCCCCCCCCCCC(=O)OCC(COP(=O)(O)OCC(O)COP(=O)(O)OCC(O)COC(=O)CCCCCCCCCCCCC/C=C\C/C=C\C/C=C\C/C=C\CCCCC)OC(=O)CCCCCC/C=C\C/C=C\C/C=C\C/C=C\CC. The van der Waals surface area contributed by atoms with Crippen molar-refractivity contribution in [1.29, 1.82) is 0 Å². The van der Waals surface area contributed by atoms with Crippen LogP contribution in [0.2, 0.25) is 0 Å². The van der Waals surface area contributed by atoms with Crippen LogP contribution in [0.5, 0.6) is 0 Å². The molecule has 0 amide bonds. The number of phosphoric acid groups is 2. The first kappa shape index (κ1) is 100.